The molecule has 2 aromatic heterocycles. The van der Waals surface area contributed by atoms with Crippen molar-refractivity contribution in [2.75, 3.05) is 5.73 Å². The summed E-state index contributed by atoms with van der Waals surface area (Å²) in [6.07, 6.45) is 6.75. The van der Waals surface area contributed by atoms with Gasteiger partial charge in [0.05, 0.1) is 5.69 Å². The molecule has 0 aliphatic heterocycles. The van der Waals surface area contributed by atoms with Crippen LogP contribution in [0.25, 0.3) is 5.82 Å². The highest BCUT2D eigenvalue weighted by atomic mass is 15.3. The van der Waals surface area contributed by atoms with Crippen LogP contribution in [0.15, 0.2) is 18.6 Å². The van der Waals surface area contributed by atoms with Crippen LogP contribution in [0.5, 0.6) is 0 Å². The van der Waals surface area contributed by atoms with E-state index in [9.17, 15) is 0 Å². The third-order valence-electron chi connectivity index (χ3n) is 3.13. The number of hydrogen-bond donors (Lipinski definition) is 1. The zero-order valence-corrected chi connectivity index (χ0v) is 9.80. The number of nitrogens with zero attached hydrogens (tertiary/aromatic N) is 4. The van der Waals surface area contributed by atoms with Gasteiger partial charge in [0.15, 0.2) is 5.82 Å². The van der Waals surface area contributed by atoms with Crippen LogP contribution in [0.2, 0.25) is 0 Å². The molecule has 0 unspecified atom stereocenters. The van der Waals surface area contributed by atoms with Gasteiger partial charge in [0.1, 0.15) is 12.1 Å². The molecule has 2 heterocycles. The number of anilines is 1. The van der Waals surface area contributed by atoms with Gasteiger partial charge in [-0.25, -0.2) is 14.6 Å². The summed E-state index contributed by atoms with van der Waals surface area (Å²) in [5, 5.41) is 4.56. The minimum atomic E-state index is 0.543. The van der Waals surface area contributed by atoms with E-state index in [0.29, 0.717) is 11.7 Å². The molecule has 0 spiro atoms. The summed E-state index contributed by atoms with van der Waals surface area (Å²) < 4.78 is 1.81. The smallest absolute Gasteiger partial charge is 0.161 e. The lowest BCUT2D eigenvalue weighted by molar-refractivity contribution is 0.793. The van der Waals surface area contributed by atoms with Crippen LogP contribution in [-0.4, -0.2) is 19.7 Å². The molecule has 0 bridgehead atoms. The van der Waals surface area contributed by atoms with Crippen LogP contribution < -0.4 is 5.73 Å². The molecule has 0 aromatic carbocycles. The molecule has 1 fully saturated rings. The first-order valence-electron chi connectivity index (χ1n) is 5.95. The van der Waals surface area contributed by atoms with E-state index in [0.717, 1.165) is 23.5 Å². The van der Waals surface area contributed by atoms with Gasteiger partial charge in [0.25, 0.3) is 0 Å². The van der Waals surface area contributed by atoms with Crippen molar-refractivity contribution >= 4 is 5.82 Å². The van der Waals surface area contributed by atoms with E-state index in [1.165, 1.54) is 19.2 Å². The van der Waals surface area contributed by atoms with Gasteiger partial charge in [0.2, 0.25) is 0 Å². The van der Waals surface area contributed by atoms with Crippen LogP contribution in [0, 0.1) is 0 Å². The molecule has 1 aliphatic rings. The highest BCUT2D eigenvalue weighted by molar-refractivity contribution is 5.48. The second-order valence-electron chi connectivity index (χ2n) is 4.37. The summed E-state index contributed by atoms with van der Waals surface area (Å²) in [4.78, 5) is 8.30. The maximum absolute atomic E-state index is 5.86. The van der Waals surface area contributed by atoms with Crippen LogP contribution >= 0.6 is 0 Å². The van der Waals surface area contributed by atoms with Crippen molar-refractivity contribution in [3.63, 3.8) is 0 Å². The molecule has 17 heavy (non-hydrogen) atoms. The molecule has 2 N–H and O–H groups in total. The highest BCUT2D eigenvalue weighted by Gasteiger charge is 2.26. The van der Waals surface area contributed by atoms with Crippen molar-refractivity contribution in [2.24, 2.45) is 0 Å². The quantitative estimate of drug-likeness (QED) is 0.869. The number of aromatic nitrogens is 4. The van der Waals surface area contributed by atoms with Gasteiger partial charge in [-0.15, -0.1) is 0 Å². The van der Waals surface area contributed by atoms with E-state index >= 15 is 0 Å². The van der Waals surface area contributed by atoms with Gasteiger partial charge < -0.3 is 5.73 Å². The van der Waals surface area contributed by atoms with Crippen molar-refractivity contribution in [1.29, 1.82) is 0 Å². The Morgan fingerprint density at radius 2 is 2.24 bits per heavy atom. The Bertz CT molecular complexity index is 542. The molecule has 1 aliphatic carbocycles. The minimum Gasteiger partial charge on any atom is -0.383 e. The molecule has 5 heteroatoms. The van der Waals surface area contributed by atoms with E-state index in [2.05, 4.69) is 21.1 Å². The monoisotopic (exact) mass is 229 g/mol. The zero-order valence-electron chi connectivity index (χ0n) is 9.80. The van der Waals surface area contributed by atoms with E-state index in [1.807, 2.05) is 17.8 Å². The average molecular weight is 229 g/mol. The summed E-state index contributed by atoms with van der Waals surface area (Å²) in [5.74, 6) is 1.99. The van der Waals surface area contributed by atoms with Crippen LogP contribution in [0.4, 0.5) is 5.82 Å². The summed E-state index contributed by atoms with van der Waals surface area (Å²) >= 11 is 0. The molecule has 3 rings (SSSR count). The van der Waals surface area contributed by atoms with E-state index in [4.69, 9.17) is 5.73 Å². The molecule has 5 nitrogen and oxygen atoms in total. The predicted octanol–water partition coefficient (Wildman–Crippen LogP) is 1.68. The van der Waals surface area contributed by atoms with Crippen molar-refractivity contribution < 1.29 is 0 Å². The molecule has 0 radical (unpaired) electrons. The fourth-order valence-corrected chi connectivity index (χ4v) is 2.01. The largest absolute Gasteiger partial charge is 0.383 e. The fraction of sp³-hybridized carbons (Fsp3) is 0.417. The number of rotatable bonds is 3. The first-order valence-corrected chi connectivity index (χ1v) is 5.95. The molecule has 88 valence electrons. The summed E-state index contributed by atoms with van der Waals surface area (Å²) in [6, 6.07) is 2.06. The summed E-state index contributed by atoms with van der Waals surface area (Å²) in [5.41, 5.74) is 7.97. The van der Waals surface area contributed by atoms with Gasteiger partial charge in [-0.2, -0.15) is 5.10 Å². The van der Waals surface area contributed by atoms with Gasteiger partial charge in [-0.1, -0.05) is 6.92 Å². The predicted molar refractivity (Wildman–Crippen MR) is 64.9 cm³/mol. The van der Waals surface area contributed by atoms with Crippen LogP contribution in [0.1, 0.15) is 36.9 Å². The van der Waals surface area contributed by atoms with Crippen LogP contribution in [-0.2, 0) is 6.42 Å². The maximum Gasteiger partial charge on any atom is 0.161 e. The highest BCUT2D eigenvalue weighted by Crippen LogP contribution is 2.39. The Morgan fingerprint density at radius 1 is 1.41 bits per heavy atom. The summed E-state index contributed by atoms with van der Waals surface area (Å²) in [6.45, 7) is 2.05. The van der Waals surface area contributed by atoms with Crippen molar-refractivity contribution in [1.82, 2.24) is 19.7 Å². The van der Waals surface area contributed by atoms with E-state index in [-0.39, 0.29) is 0 Å². The Hall–Kier alpha value is -1.91. The lowest BCUT2D eigenvalue weighted by Crippen LogP contribution is -2.08. The van der Waals surface area contributed by atoms with Gasteiger partial charge in [-0.3, -0.25) is 0 Å². The van der Waals surface area contributed by atoms with Gasteiger partial charge in [-0.05, 0) is 25.3 Å². The molecule has 1 saturated carbocycles. The van der Waals surface area contributed by atoms with Crippen molar-refractivity contribution in [3.8, 4) is 5.82 Å². The summed E-state index contributed by atoms with van der Waals surface area (Å²) in [7, 11) is 0. The van der Waals surface area contributed by atoms with Crippen molar-refractivity contribution in [3.05, 3.63) is 29.8 Å². The third kappa shape index (κ3) is 1.77. The van der Waals surface area contributed by atoms with Crippen molar-refractivity contribution in [2.45, 2.75) is 32.1 Å². The second-order valence-corrected chi connectivity index (χ2v) is 4.37. The molecule has 0 atom stereocenters. The maximum atomic E-state index is 5.86. The molecular weight excluding hydrogens is 214 g/mol. The first kappa shape index (κ1) is 10.3. The normalized spacial score (nSPS) is 15.1. The second kappa shape index (κ2) is 3.84. The Kier molecular flexibility index (Phi) is 2.31. The van der Waals surface area contributed by atoms with Crippen LogP contribution in [0.3, 0.4) is 0 Å². The van der Waals surface area contributed by atoms with E-state index in [1.54, 1.807) is 0 Å². The number of nitrogens with two attached hydrogens (primary N) is 1. The molecule has 2 aromatic rings. The Morgan fingerprint density at radius 3 is 2.94 bits per heavy atom. The fourth-order valence-electron chi connectivity index (χ4n) is 2.01. The Labute approximate surface area is 99.7 Å². The third-order valence-corrected chi connectivity index (χ3v) is 3.13. The zero-order chi connectivity index (χ0) is 11.8. The lowest BCUT2D eigenvalue weighted by Gasteiger charge is -2.07. The molecule has 0 amide bonds. The first-order chi connectivity index (χ1) is 8.29. The standard InChI is InChI=1S/C12H15N5/c1-2-9-11(13)14-7-15-12(9)17-6-5-10(16-17)8-3-4-8/h5-8H,2-4H2,1H3,(H2,13,14,15). The van der Waals surface area contributed by atoms with Gasteiger partial charge in [0, 0.05) is 17.7 Å². The molecule has 0 saturated heterocycles. The number of hydrogen-bond acceptors (Lipinski definition) is 4. The lowest BCUT2D eigenvalue weighted by atomic mass is 10.2. The van der Waals surface area contributed by atoms with Gasteiger partial charge >= 0.3 is 0 Å². The SMILES string of the molecule is CCc1c(N)ncnc1-n1ccc(C2CC2)n1. The topological polar surface area (TPSA) is 69.6 Å². The minimum absolute atomic E-state index is 0.543. The Balaban J connectivity index is 2.04. The molecular formula is C12H15N5. The van der Waals surface area contributed by atoms with E-state index < -0.39 is 0 Å². The number of nitrogen functional groups attached to an aromatic ring is 1. The average Bonchev–Trinajstić information content (AvgIpc) is 3.07.